The van der Waals surface area contributed by atoms with E-state index in [1.165, 1.54) is 4.90 Å². The van der Waals surface area contributed by atoms with Crippen molar-refractivity contribution >= 4 is 17.6 Å². The Morgan fingerprint density at radius 1 is 0.912 bits per heavy atom. The number of ether oxygens (including phenoxy) is 3. The summed E-state index contributed by atoms with van der Waals surface area (Å²) < 4.78 is 16.2. The van der Waals surface area contributed by atoms with Crippen LogP contribution in [0.25, 0.3) is 0 Å². The van der Waals surface area contributed by atoms with E-state index in [0.717, 1.165) is 50.5 Å². The first-order valence-electron chi connectivity index (χ1n) is 12.4. The van der Waals surface area contributed by atoms with Gasteiger partial charge in [0.05, 0.1) is 21.3 Å². The van der Waals surface area contributed by atoms with Gasteiger partial charge in [0, 0.05) is 19.0 Å². The number of nitrogens with one attached hydrogen (secondary N) is 1. The van der Waals surface area contributed by atoms with E-state index in [4.69, 9.17) is 14.2 Å². The van der Waals surface area contributed by atoms with E-state index >= 15 is 0 Å². The van der Waals surface area contributed by atoms with Crippen molar-refractivity contribution in [1.29, 1.82) is 0 Å². The Labute approximate surface area is 202 Å². The zero-order valence-corrected chi connectivity index (χ0v) is 20.7. The molecule has 1 aromatic carbocycles. The summed E-state index contributed by atoms with van der Waals surface area (Å²) in [6.45, 7) is 0.950. The summed E-state index contributed by atoms with van der Waals surface area (Å²) in [5.74, 6) is 0.623. The summed E-state index contributed by atoms with van der Waals surface area (Å²) >= 11 is 0. The summed E-state index contributed by atoms with van der Waals surface area (Å²) in [5, 5.41) is 2.97. The maximum absolute atomic E-state index is 13.0. The van der Waals surface area contributed by atoms with Crippen LogP contribution in [0.3, 0.4) is 0 Å². The van der Waals surface area contributed by atoms with E-state index in [1.807, 2.05) is 12.1 Å². The average molecular weight is 475 g/mol. The molecule has 8 nitrogen and oxygen atoms in total. The summed E-state index contributed by atoms with van der Waals surface area (Å²) in [6, 6.07) is 3.25. The number of ketones is 1. The number of rotatable bonds is 10. The Hall–Kier alpha value is -2.77. The molecule has 1 aliphatic heterocycles. The highest BCUT2D eigenvalue weighted by atomic mass is 16.5. The SMILES string of the molecule is COc1cc(CCCNC(=O)C2CCCCN2C(=O)C(=O)C2CCCCC2)cc(OC)c1OC. The normalized spacial score (nSPS) is 18.8. The molecule has 34 heavy (non-hydrogen) atoms. The molecular weight excluding hydrogens is 436 g/mol. The Morgan fingerprint density at radius 3 is 2.18 bits per heavy atom. The van der Waals surface area contributed by atoms with Crippen LogP contribution >= 0.6 is 0 Å². The molecule has 8 heteroatoms. The van der Waals surface area contributed by atoms with Gasteiger partial charge in [0.1, 0.15) is 6.04 Å². The highest BCUT2D eigenvalue weighted by molar-refractivity contribution is 6.37. The van der Waals surface area contributed by atoms with Crippen molar-refractivity contribution < 1.29 is 28.6 Å². The summed E-state index contributed by atoms with van der Waals surface area (Å²) in [5.41, 5.74) is 1.01. The Bertz CT molecular complexity index is 840. The third-order valence-corrected chi connectivity index (χ3v) is 6.92. The number of aryl methyl sites for hydroxylation is 1. The predicted octanol–water partition coefficient (Wildman–Crippen LogP) is 3.29. The molecule has 2 amide bonds. The highest BCUT2D eigenvalue weighted by Gasteiger charge is 2.37. The van der Waals surface area contributed by atoms with Gasteiger partial charge in [-0.05, 0) is 62.6 Å². The van der Waals surface area contributed by atoms with Crippen LogP contribution in [0.5, 0.6) is 17.2 Å². The van der Waals surface area contributed by atoms with Crippen LogP contribution in [-0.4, -0.2) is 63.0 Å². The number of hydrogen-bond donors (Lipinski definition) is 1. The number of hydrogen-bond acceptors (Lipinski definition) is 6. The first-order valence-corrected chi connectivity index (χ1v) is 12.4. The molecule has 188 valence electrons. The summed E-state index contributed by atoms with van der Waals surface area (Å²) in [7, 11) is 4.73. The number of carbonyl (C=O) groups is 3. The maximum Gasteiger partial charge on any atom is 0.290 e. The minimum absolute atomic E-state index is 0.172. The number of piperidine rings is 1. The first-order chi connectivity index (χ1) is 16.5. The Kier molecular flexibility index (Phi) is 9.60. The van der Waals surface area contributed by atoms with E-state index in [0.29, 0.717) is 49.6 Å². The quantitative estimate of drug-likeness (QED) is 0.413. The second-order valence-corrected chi connectivity index (χ2v) is 9.14. The van der Waals surface area contributed by atoms with Gasteiger partial charge in [-0.3, -0.25) is 14.4 Å². The standard InChI is InChI=1S/C26H38N2O6/c1-32-21-16-18(17-22(33-2)24(21)34-3)10-9-14-27-25(30)20-13-7-8-15-28(20)26(31)23(29)19-11-5-4-6-12-19/h16-17,19-20H,4-15H2,1-3H3,(H,27,30). The fraction of sp³-hybridized carbons (Fsp3) is 0.654. The lowest BCUT2D eigenvalue weighted by molar-refractivity contribution is -0.152. The fourth-order valence-corrected chi connectivity index (χ4v) is 5.03. The van der Waals surface area contributed by atoms with Gasteiger partial charge in [0.2, 0.25) is 17.4 Å². The summed E-state index contributed by atoms with van der Waals surface area (Å²) in [4.78, 5) is 40.2. The van der Waals surface area contributed by atoms with E-state index in [2.05, 4.69) is 5.32 Å². The smallest absolute Gasteiger partial charge is 0.290 e. The van der Waals surface area contributed by atoms with Crippen molar-refractivity contribution in [3.8, 4) is 17.2 Å². The fourth-order valence-electron chi connectivity index (χ4n) is 5.03. The molecule has 0 spiro atoms. The molecule has 1 atom stereocenters. The molecule has 3 rings (SSSR count). The number of likely N-dealkylation sites (tertiary alicyclic amines) is 1. The number of amides is 2. The van der Waals surface area contributed by atoms with Crippen LogP contribution in [0.15, 0.2) is 12.1 Å². The van der Waals surface area contributed by atoms with Gasteiger partial charge in [-0.25, -0.2) is 0 Å². The third kappa shape index (κ3) is 6.21. The second kappa shape index (κ2) is 12.6. The number of nitrogens with zero attached hydrogens (tertiary/aromatic N) is 1. The zero-order chi connectivity index (χ0) is 24.5. The molecule has 1 aliphatic carbocycles. The minimum atomic E-state index is -0.560. The molecular formula is C26H38N2O6. The van der Waals surface area contributed by atoms with Crippen molar-refractivity contribution in [2.24, 2.45) is 5.92 Å². The monoisotopic (exact) mass is 474 g/mol. The van der Waals surface area contributed by atoms with Crippen molar-refractivity contribution in [2.75, 3.05) is 34.4 Å². The minimum Gasteiger partial charge on any atom is -0.493 e. The largest absolute Gasteiger partial charge is 0.493 e. The summed E-state index contributed by atoms with van der Waals surface area (Å²) in [6.07, 6.45) is 8.44. The number of carbonyl (C=O) groups excluding carboxylic acids is 3. The maximum atomic E-state index is 13.0. The van der Waals surface area contributed by atoms with Crippen LogP contribution in [0, 0.1) is 5.92 Å². The van der Waals surface area contributed by atoms with E-state index in [9.17, 15) is 14.4 Å². The third-order valence-electron chi connectivity index (χ3n) is 6.92. The highest BCUT2D eigenvalue weighted by Crippen LogP contribution is 2.38. The molecule has 2 aliphatic rings. The van der Waals surface area contributed by atoms with Crippen LogP contribution in [0.1, 0.15) is 63.4 Å². The molecule has 1 saturated carbocycles. The van der Waals surface area contributed by atoms with Gasteiger partial charge in [0.25, 0.3) is 5.91 Å². The Balaban J connectivity index is 1.54. The lowest BCUT2D eigenvalue weighted by atomic mass is 9.85. The van der Waals surface area contributed by atoms with Gasteiger partial charge >= 0.3 is 0 Å². The first kappa shape index (κ1) is 25.8. The van der Waals surface area contributed by atoms with Crippen molar-refractivity contribution in [2.45, 2.75) is 70.3 Å². The van der Waals surface area contributed by atoms with Gasteiger partial charge in [-0.2, -0.15) is 0 Å². The molecule has 1 heterocycles. The molecule has 2 fully saturated rings. The second-order valence-electron chi connectivity index (χ2n) is 9.14. The van der Waals surface area contributed by atoms with E-state index in [-0.39, 0.29) is 17.6 Å². The van der Waals surface area contributed by atoms with Crippen LogP contribution in [0.2, 0.25) is 0 Å². The van der Waals surface area contributed by atoms with Crippen LogP contribution in [0.4, 0.5) is 0 Å². The number of methoxy groups -OCH3 is 3. The molecule has 0 radical (unpaired) electrons. The van der Waals surface area contributed by atoms with Crippen LogP contribution < -0.4 is 19.5 Å². The van der Waals surface area contributed by atoms with Gasteiger partial charge < -0.3 is 24.4 Å². The van der Waals surface area contributed by atoms with Crippen molar-refractivity contribution in [3.63, 3.8) is 0 Å². The van der Waals surface area contributed by atoms with Crippen molar-refractivity contribution in [3.05, 3.63) is 17.7 Å². The lowest BCUT2D eigenvalue weighted by Gasteiger charge is -2.35. The van der Waals surface area contributed by atoms with Gasteiger partial charge in [-0.1, -0.05) is 19.3 Å². The van der Waals surface area contributed by atoms with E-state index < -0.39 is 11.9 Å². The number of benzene rings is 1. The average Bonchev–Trinajstić information content (AvgIpc) is 2.89. The van der Waals surface area contributed by atoms with Gasteiger partial charge in [-0.15, -0.1) is 0 Å². The molecule has 1 unspecified atom stereocenters. The molecule has 1 aromatic rings. The number of Topliss-reactive ketones (excluding diaryl/α,β-unsaturated/α-hetero) is 1. The Morgan fingerprint density at radius 2 is 1.56 bits per heavy atom. The molecule has 0 bridgehead atoms. The van der Waals surface area contributed by atoms with E-state index in [1.54, 1.807) is 21.3 Å². The van der Waals surface area contributed by atoms with Crippen molar-refractivity contribution in [1.82, 2.24) is 10.2 Å². The molecule has 1 saturated heterocycles. The predicted molar refractivity (Wildman–Crippen MR) is 128 cm³/mol. The lowest BCUT2D eigenvalue weighted by Crippen LogP contribution is -2.54. The molecule has 1 N–H and O–H groups in total. The zero-order valence-electron chi connectivity index (χ0n) is 20.7. The topological polar surface area (TPSA) is 94.2 Å². The molecule has 0 aromatic heterocycles. The van der Waals surface area contributed by atoms with Gasteiger partial charge in [0.15, 0.2) is 11.5 Å². The van der Waals surface area contributed by atoms with Crippen LogP contribution in [-0.2, 0) is 20.8 Å².